The van der Waals surface area contributed by atoms with E-state index in [2.05, 4.69) is 9.36 Å². The molecule has 0 spiro atoms. The van der Waals surface area contributed by atoms with Gasteiger partial charge in [0.25, 0.3) is 0 Å². The number of aryl methyl sites for hydroxylation is 2. The smallest absolute Gasteiger partial charge is 0.145 e. The molecule has 0 saturated heterocycles. The second kappa shape index (κ2) is 4.24. The molecule has 0 amide bonds. The predicted octanol–water partition coefficient (Wildman–Crippen LogP) is 2.60. The molecule has 0 aliphatic rings. The van der Waals surface area contributed by atoms with E-state index in [9.17, 15) is 0 Å². The lowest BCUT2D eigenvalue weighted by Gasteiger charge is -2.02. The quantitative estimate of drug-likeness (QED) is 0.780. The maximum Gasteiger partial charge on any atom is 0.145 e. The van der Waals surface area contributed by atoms with Crippen LogP contribution in [0.4, 0.5) is 5.00 Å². The Hall–Kier alpha value is -2.08. The van der Waals surface area contributed by atoms with Gasteiger partial charge in [0.2, 0.25) is 0 Å². The fourth-order valence-corrected chi connectivity index (χ4v) is 2.85. The van der Waals surface area contributed by atoms with Crippen LogP contribution in [0.2, 0.25) is 0 Å². The van der Waals surface area contributed by atoms with Crippen LogP contribution >= 0.6 is 11.5 Å². The Balaban J connectivity index is 2.28. The zero-order valence-corrected chi connectivity index (χ0v) is 11.8. The van der Waals surface area contributed by atoms with Gasteiger partial charge in [0.05, 0.1) is 29.4 Å². The standard InChI is InChI=1S/C13H14N4OS/c1-7-11(12(14)19-16-7)13-15-9-6-8(18-3)4-5-10(9)17(13)2/h4-6H,14H2,1-3H3. The third-order valence-electron chi connectivity index (χ3n) is 3.20. The highest BCUT2D eigenvalue weighted by molar-refractivity contribution is 7.10. The first-order chi connectivity index (χ1) is 9.11. The fourth-order valence-electron chi connectivity index (χ4n) is 2.19. The minimum Gasteiger partial charge on any atom is -0.497 e. The zero-order chi connectivity index (χ0) is 13.6. The van der Waals surface area contributed by atoms with E-state index in [4.69, 9.17) is 10.5 Å². The maximum absolute atomic E-state index is 6.00. The monoisotopic (exact) mass is 274 g/mol. The third kappa shape index (κ3) is 1.76. The SMILES string of the molecule is COc1ccc2c(c1)nc(-c1c(C)nsc1N)n2C. The van der Waals surface area contributed by atoms with Crippen molar-refractivity contribution in [3.63, 3.8) is 0 Å². The summed E-state index contributed by atoms with van der Waals surface area (Å²) in [6.45, 7) is 1.95. The van der Waals surface area contributed by atoms with E-state index in [1.165, 1.54) is 11.5 Å². The molecule has 0 aliphatic carbocycles. The first kappa shape index (κ1) is 12.0. The molecule has 6 heteroatoms. The number of nitrogens with two attached hydrogens (primary N) is 1. The van der Waals surface area contributed by atoms with Crippen LogP contribution in [0.25, 0.3) is 22.4 Å². The van der Waals surface area contributed by atoms with Crippen LogP contribution < -0.4 is 10.5 Å². The van der Waals surface area contributed by atoms with Crippen molar-refractivity contribution in [2.75, 3.05) is 12.8 Å². The second-order valence-electron chi connectivity index (χ2n) is 4.36. The van der Waals surface area contributed by atoms with Crippen LogP contribution in [-0.4, -0.2) is 21.0 Å². The first-order valence-corrected chi connectivity index (χ1v) is 6.61. The molecule has 1 aromatic carbocycles. The van der Waals surface area contributed by atoms with Gasteiger partial charge in [-0.25, -0.2) is 4.98 Å². The lowest BCUT2D eigenvalue weighted by atomic mass is 10.2. The van der Waals surface area contributed by atoms with E-state index < -0.39 is 0 Å². The number of imidazole rings is 1. The Morgan fingerprint density at radius 1 is 1.37 bits per heavy atom. The zero-order valence-electron chi connectivity index (χ0n) is 11.0. The van der Waals surface area contributed by atoms with Gasteiger partial charge in [-0.1, -0.05) is 0 Å². The molecule has 3 aromatic rings. The molecule has 2 N–H and O–H groups in total. The minimum absolute atomic E-state index is 0.697. The molecule has 2 aromatic heterocycles. The summed E-state index contributed by atoms with van der Waals surface area (Å²) in [5.41, 5.74) is 9.76. The van der Waals surface area contributed by atoms with Crippen molar-refractivity contribution in [3.05, 3.63) is 23.9 Å². The largest absolute Gasteiger partial charge is 0.497 e. The molecule has 2 heterocycles. The number of anilines is 1. The number of fused-ring (bicyclic) bond motifs is 1. The number of nitrogens with zero attached hydrogens (tertiary/aromatic N) is 3. The normalized spacial score (nSPS) is 11.1. The van der Waals surface area contributed by atoms with E-state index in [0.29, 0.717) is 5.00 Å². The van der Waals surface area contributed by atoms with Gasteiger partial charge in [-0.2, -0.15) is 4.37 Å². The number of benzene rings is 1. The maximum atomic E-state index is 6.00. The van der Waals surface area contributed by atoms with Crippen LogP contribution in [0, 0.1) is 6.92 Å². The van der Waals surface area contributed by atoms with Crippen molar-refractivity contribution in [2.45, 2.75) is 6.92 Å². The Kier molecular flexibility index (Phi) is 2.67. The average Bonchev–Trinajstić information content (AvgIpc) is 2.90. The Labute approximate surface area is 114 Å². The predicted molar refractivity (Wildman–Crippen MR) is 77.5 cm³/mol. The molecule has 5 nitrogen and oxygen atoms in total. The lowest BCUT2D eigenvalue weighted by Crippen LogP contribution is -1.95. The van der Waals surface area contributed by atoms with Crippen LogP contribution in [0.15, 0.2) is 18.2 Å². The Bertz CT molecular complexity index is 740. The molecule has 98 valence electrons. The third-order valence-corrected chi connectivity index (χ3v) is 3.97. The summed E-state index contributed by atoms with van der Waals surface area (Å²) in [5, 5.41) is 0.697. The highest BCUT2D eigenvalue weighted by atomic mass is 32.1. The fraction of sp³-hybridized carbons (Fsp3) is 0.231. The van der Waals surface area contributed by atoms with Crippen LogP contribution in [0.3, 0.4) is 0 Å². The van der Waals surface area contributed by atoms with Gasteiger partial charge in [0, 0.05) is 13.1 Å². The van der Waals surface area contributed by atoms with Gasteiger partial charge < -0.3 is 15.0 Å². The number of ether oxygens (including phenoxy) is 1. The highest BCUT2D eigenvalue weighted by Gasteiger charge is 2.17. The first-order valence-electron chi connectivity index (χ1n) is 5.84. The Morgan fingerprint density at radius 2 is 2.16 bits per heavy atom. The summed E-state index contributed by atoms with van der Waals surface area (Å²) in [5.74, 6) is 1.64. The molecule has 0 saturated carbocycles. The summed E-state index contributed by atoms with van der Waals surface area (Å²) >= 11 is 1.30. The molecular weight excluding hydrogens is 260 g/mol. The van der Waals surface area contributed by atoms with E-state index in [0.717, 1.165) is 33.9 Å². The van der Waals surface area contributed by atoms with Crippen molar-refractivity contribution in [1.29, 1.82) is 0 Å². The molecule has 0 aliphatic heterocycles. The topological polar surface area (TPSA) is 66.0 Å². The average molecular weight is 274 g/mol. The van der Waals surface area contributed by atoms with Crippen molar-refractivity contribution < 1.29 is 4.74 Å². The van der Waals surface area contributed by atoms with E-state index >= 15 is 0 Å². The molecule has 0 atom stereocenters. The van der Waals surface area contributed by atoms with Crippen LogP contribution in [0.5, 0.6) is 5.75 Å². The second-order valence-corrected chi connectivity index (χ2v) is 5.16. The lowest BCUT2D eigenvalue weighted by molar-refractivity contribution is 0.415. The van der Waals surface area contributed by atoms with E-state index in [1.807, 2.05) is 36.7 Å². The van der Waals surface area contributed by atoms with Gasteiger partial charge in [-0.15, -0.1) is 0 Å². The van der Waals surface area contributed by atoms with Crippen LogP contribution in [0.1, 0.15) is 5.69 Å². The molecular formula is C13H14N4OS. The van der Waals surface area contributed by atoms with Crippen molar-refractivity contribution in [2.24, 2.45) is 7.05 Å². The molecule has 3 rings (SSSR count). The summed E-state index contributed by atoms with van der Waals surface area (Å²) in [6.07, 6.45) is 0. The summed E-state index contributed by atoms with van der Waals surface area (Å²) in [6, 6.07) is 5.84. The van der Waals surface area contributed by atoms with Gasteiger partial charge in [-0.3, -0.25) is 0 Å². The summed E-state index contributed by atoms with van der Waals surface area (Å²) < 4.78 is 11.5. The number of rotatable bonds is 2. The number of hydrogen-bond acceptors (Lipinski definition) is 5. The van der Waals surface area contributed by atoms with Crippen molar-refractivity contribution >= 4 is 27.6 Å². The molecule has 0 unspecified atom stereocenters. The van der Waals surface area contributed by atoms with E-state index in [1.54, 1.807) is 7.11 Å². The number of hydrogen-bond donors (Lipinski definition) is 1. The molecule has 0 radical (unpaired) electrons. The number of nitrogen functional groups attached to an aromatic ring is 1. The molecule has 0 bridgehead atoms. The van der Waals surface area contributed by atoms with Gasteiger partial charge in [0.15, 0.2) is 0 Å². The van der Waals surface area contributed by atoms with Gasteiger partial charge in [0.1, 0.15) is 16.6 Å². The van der Waals surface area contributed by atoms with Crippen molar-refractivity contribution in [1.82, 2.24) is 13.9 Å². The van der Waals surface area contributed by atoms with Gasteiger partial charge in [-0.05, 0) is 30.6 Å². The van der Waals surface area contributed by atoms with Gasteiger partial charge >= 0.3 is 0 Å². The molecule has 0 fully saturated rings. The summed E-state index contributed by atoms with van der Waals surface area (Å²) in [4.78, 5) is 4.65. The Morgan fingerprint density at radius 3 is 2.79 bits per heavy atom. The summed E-state index contributed by atoms with van der Waals surface area (Å²) in [7, 11) is 3.63. The molecule has 19 heavy (non-hydrogen) atoms. The van der Waals surface area contributed by atoms with Crippen LogP contribution in [-0.2, 0) is 7.05 Å². The highest BCUT2D eigenvalue weighted by Crippen LogP contribution is 2.33. The number of aromatic nitrogens is 3. The number of methoxy groups -OCH3 is 1. The minimum atomic E-state index is 0.697. The van der Waals surface area contributed by atoms with E-state index in [-0.39, 0.29) is 0 Å². The van der Waals surface area contributed by atoms with Crippen molar-refractivity contribution in [3.8, 4) is 17.1 Å².